The number of furan rings is 1. The molecule has 0 spiro atoms. The Hall–Kier alpha value is -1.81. The number of pyridine rings is 1. The van der Waals surface area contributed by atoms with Crippen molar-refractivity contribution in [2.24, 2.45) is 0 Å². The molecule has 1 N–H and O–H groups in total. The zero-order valence-corrected chi connectivity index (χ0v) is 14.2. The summed E-state index contributed by atoms with van der Waals surface area (Å²) in [5.74, 6) is 1.74. The molecule has 0 saturated carbocycles. The molecule has 0 fully saturated rings. The van der Waals surface area contributed by atoms with E-state index >= 15 is 0 Å². The summed E-state index contributed by atoms with van der Waals surface area (Å²) < 4.78 is 5.90. The molecule has 120 valence electrons. The third kappa shape index (κ3) is 4.35. The van der Waals surface area contributed by atoms with E-state index in [1.165, 1.54) is 0 Å². The summed E-state index contributed by atoms with van der Waals surface area (Å²) in [6.07, 6.45) is 1.80. The second-order valence-corrected chi connectivity index (χ2v) is 5.51. The lowest BCUT2D eigenvalue weighted by molar-refractivity contribution is -0.00000506. The number of halogens is 2. The number of nitrogens with zero attached hydrogens (tertiary/aromatic N) is 1. The highest BCUT2D eigenvalue weighted by Crippen LogP contribution is 2.29. The number of hydrogen-bond acceptors (Lipinski definition) is 3. The number of aromatic nitrogens is 1. The fraction of sp³-hybridized carbons (Fsp3) is 0.167. The molecule has 5 heteroatoms. The zero-order valence-electron chi connectivity index (χ0n) is 12.7. The third-order valence-electron chi connectivity index (χ3n) is 3.53. The van der Waals surface area contributed by atoms with Gasteiger partial charge in [-0.05, 0) is 42.8 Å². The summed E-state index contributed by atoms with van der Waals surface area (Å²) in [5, 5.41) is 4.08. The van der Waals surface area contributed by atoms with Gasteiger partial charge in [0.2, 0.25) is 0 Å². The van der Waals surface area contributed by atoms with Gasteiger partial charge in [-0.25, -0.2) is 0 Å². The first-order valence-electron chi connectivity index (χ1n) is 7.19. The van der Waals surface area contributed by atoms with E-state index in [1.807, 2.05) is 55.5 Å². The largest absolute Gasteiger partial charge is 1.00 e. The first kappa shape index (κ1) is 17.5. The van der Waals surface area contributed by atoms with Gasteiger partial charge in [0.1, 0.15) is 11.5 Å². The van der Waals surface area contributed by atoms with Crippen molar-refractivity contribution in [2.45, 2.75) is 20.0 Å². The maximum Gasteiger partial charge on any atom is 0.134 e. The van der Waals surface area contributed by atoms with Crippen molar-refractivity contribution in [1.82, 2.24) is 10.3 Å². The van der Waals surface area contributed by atoms with Crippen LogP contribution in [0.15, 0.2) is 59.1 Å². The SMILES string of the molecule is Cc1c(Cl)cccc1-c1ccc(CNCc2ccccn2)o1.[Cl-]. The molecule has 0 saturated heterocycles. The van der Waals surface area contributed by atoms with Crippen LogP contribution in [-0.4, -0.2) is 4.98 Å². The van der Waals surface area contributed by atoms with E-state index in [4.69, 9.17) is 16.0 Å². The van der Waals surface area contributed by atoms with Crippen LogP contribution in [0.3, 0.4) is 0 Å². The van der Waals surface area contributed by atoms with Gasteiger partial charge in [-0.1, -0.05) is 29.8 Å². The van der Waals surface area contributed by atoms with E-state index in [2.05, 4.69) is 10.3 Å². The second kappa shape index (κ2) is 8.16. The molecular formula is C18H17Cl2N2O-. The quantitative estimate of drug-likeness (QED) is 0.761. The number of hydrogen-bond donors (Lipinski definition) is 1. The summed E-state index contributed by atoms with van der Waals surface area (Å²) in [4.78, 5) is 4.28. The summed E-state index contributed by atoms with van der Waals surface area (Å²) in [5.41, 5.74) is 3.08. The van der Waals surface area contributed by atoms with Crippen molar-refractivity contribution in [3.63, 3.8) is 0 Å². The Morgan fingerprint density at radius 2 is 1.91 bits per heavy atom. The predicted molar refractivity (Wildman–Crippen MR) is 88.7 cm³/mol. The molecule has 1 aromatic carbocycles. The molecule has 23 heavy (non-hydrogen) atoms. The lowest BCUT2D eigenvalue weighted by Gasteiger charge is -2.05. The number of rotatable bonds is 5. The monoisotopic (exact) mass is 347 g/mol. The van der Waals surface area contributed by atoms with Gasteiger partial charge in [0.15, 0.2) is 0 Å². The Labute approximate surface area is 147 Å². The minimum absolute atomic E-state index is 0. The van der Waals surface area contributed by atoms with E-state index < -0.39 is 0 Å². The van der Waals surface area contributed by atoms with Crippen LogP contribution in [0.2, 0.25) is 5.02 Å². The van der Waals surface area contributed by atoms with Crippen molar-refractivity contribution < 1.29 is 16.8 Å². The lowest BCUT2D eigenvalue weighted by atomic mass is 10.1. The molecule has 0 atom stereocenters. The first-order valence-corrected chi connectivity index (χ1v) is 7.56. The molecule has 0 aliphatic heterocycles. The smallest absolute Gasteiger partial charge is 0.134 e. The maximum absolute atomic E-state index is 6.16. The van der Waals surface area contributed by atoms with Crippen molar-refractivity contribution in [3.05, 3.63) is 76.8 Å². The molecule has 0 aliphatic rings. The summed E-state index contributed by atoms with van der Waals surface area (Å²) in [7, 11) is 0. The van der Waals surface area contributed by atoms with E-state index in [-0.39, 0.29) is 12.4 Å². The molecule has 0 bridgehead atoms. The predicted octanol–water partition coefficient (Wildman–Crippen LogP) is 1.60. The van der Waals surface area contributed by atoms with Crippen LogP contribution >= 0.6 is 11.6 Å². The summed E-state index contributed by atoms with van der Waals surface area (Å²) >= 11 is 6.16. The highest BCUT2D eigenvalue weighted by molar-refractivity contribution is 6.31. The number of benzene rings is 1. The number of nitrogens with one attached hydrogen (secondary N) is 1. The third-order valence-corrected chi connectivity index (χ3v) is 3.94. The van der Waals surface area contributed by atoms with Crippen LogP contribution < -0.4 is 17.7 Å². The molecule has 0 aliphatic carbocycles. The molecule has 0 unspecified atom stereocenters. The zero-order chi connectivity index (χ0) is 15.4. The highest BCUT2D eigenvalue weighted by Gasteiger charge is 2.09. The van der Waals surface area contributed by atoms with Crippen LogP contribution in [-0.2, 0) is 13.1 Å². The Bertz CT molecular complexity index is 757. The lowest BCUT2D eigenvalue weighted by Crippen LogP contribution is -3.00. The average Bonchev–Trinajstić information content (AvgIpc) is 3.00. The van der Waals surface area contributed by atoms with E-state index in [1.54, 1.807) is 6.20 Å². The van der Waals surface area contributed by atoms with Crippen molar-refractivity contribution in [1.29, 1.82) is 0 Å². The van der Waals surface area contributed by atoms with E-state index in [0.717, 1.165) is 33.4 Å². The van der Waals surface area contributed by atoms with E-state index in [0.29, 0.717) is 13.1 Å². The topological polar surface area (TPSA) is 38.1 Å². The minimum atomic E-state index is 0. The second-order valence-electron chi connectivity index (χ2n) is 5.10. The fourth-order valence-corrected chi connectivity index (χ4v) is 2.48. The van der Waals surface area contributed by atoms with Gasteiger partial charge in [-0.3, -0.25) is 4.98 Å². The first-order chi connectivity index (χ1) is 10.7. The molecule has 0 radical (unpaired) electrons. The van der Waals surface area contributed by atoms with Crippen molar-refractivity contribution in [3.8, 4) is 11.3 Å². The Kier molecular flexibility index (Phi) is 6.22. The summed E-state index contributed by atoms with van der Waals surface area (Å²) in [6.45, 7) is 3.38. The van der Waals surface area contributed by atoms with Gasteiger partial charge in [0.05, 0.1) is 12.2 Å². The van der Waals surface area contributed by atoms with E-state index in [9.17, 15) is 0 Å². The van der Waals surface area contributed by atoms with Crippen LogP contribution in [0.5, 0.6) is 0 Å². The Morgan fingerprint density at radius 3 is 2.70 bits per heavy atom. The standard InChI is InChI=1S/C18H17ClN2O.ClH/c1-13-16(6-4-7-17(13)19)18-9-8-15(22-18)12-20-11-14-5-2-3-10-21-14;/h2-10,20H,11-12H2,1H3;1H/p-1. The molecule has 2 aromatic heterocycles. The molecule has 0 amide bonds. The molecule has 3 nitrogen and oxygen atoms in total. The van der Waals surface area contributed by atoms with Gasteiger partial charge < -0.3 is 22.1 Å². The van der Waals surface area contributed by atoms with Gasteiger partial charge in [0, 0.05) is 23.3 Å². The van der Waals surface area contributed by atoms with Gasteiger partial charge in [0.25, 0.3) is 0 Å². The summed E-state index contributed by atoms with van der Waals surface area (Å²) in [6, 6.07) is 15.7. The van der Waals surface area contributed by atoms with Crippen LogP contribution in [0.4, 0.5) is 0 Å². The minimum Gasteiger partial charge on any atom is -1.00 e. The molecule has 3 rings (SSSR count). The molecule has 2 heterocycles. The van der Waals surface area contributed by atoms with Gasteiger partial charge in [-0.15, -0.1) is 0 Å². The average molecular weight is 348 g/mol. The molecule has 3 aromatic rings. The highest BCUT2D eigenvalue weighted by atomic mass is 35.5. The normalized spacial score (nSPS) is 10.3. The van der Waals surface area contributed by atoms with Crippen LogP contribution in [0, 0.1) is 6.92 Å². The van der Waals surface area contributed by atoms with Crippen molar-refractivity contribution >= 4 is 11.6 Å². The van der Waals surface area contributed by atoms with Gasteiger partial charge >= 0.3 is 0 Å². The van der Waals surface area contributed by atoms with Crippen LogP contribution in [0.1, 0.15) is 17.0 Å². The Morgan fingerprint density at radius 1 is 1.04 bits per heavy atom. The molecular weight excluding hydrogens is 331 g/mol. The van der Waals surface area contributed by atoms with Crippen molar-refractivity contribution in [2.75, 3.05) is 0 Å². The van der Waals surface area contributed by atoms with Crippen LogP contribution in [0.25, 0.3) is 11.3 Å². The maximum atomic E-state index is 6.16. The van der Waals surface area contributed by atoms with Gasteiger partial charge in [-0.2, -0.15) is 0 Å². The Balaban J connectivity index is 0.00000192. The fourth-order valence-electron chi connectivity index (χ4n) is 2.31.